The van der Waals surface area contributed by atoms with Crippen molar-refractivity contribution >= 4 is 40.0 Å². The van der Waals surface area contributed by atoms with Gasteiger partial charge in [0.05, 0.1) is 16.8 Å². The summed E-state index contributed by atoms with van der Waals surface area (Å²) >= 11 is 5.89. The number of hydrogen-bond donors (Lipinski definition) is 2. The van der Waals surface area contributed by atoms with Crippen LogP contribution in [0.3, 0.4) is 0 Å². The Kier molecular flexibility index (Phi) is 5.08. The molecular weight excluding hydrogens is 420 g/mol. The van der Waals surface area contributed by atoms with E-state index in [-0.39, 0.29) is 22.4 Å². The number of aromatic amines is 1. The van der Waals surface area contributed by atoms with E-state index in [0.717, 1.165) is 4.57 Å². The van der Waals surface area contributed by atoms with Gasteiger partial charge in [0, 0.05) is 29.5 Å². The van der Waals surface area contributed by atoms with Gasteiger partial charge in [0.25, 0.3) is 11.5 Å². The first kappa shape index (κ1) is 20.4. The van der Waals surface area contributed by atoms with Crippen molar-refractivity contribution in [2.75, 3.05) is 5.32 Å². The van der Waals surface area contributed by atoms with Gasteiger partial charge in [0.1, 0.15) is 5.52 Å². The van der Waals surface area contributed by atoms with Crippen LogP contribution in [-0.4, -0.2) is 25.8 Å². The van der Waals surface area contributed by atoms with Crippen LogP contribution in [0.5, 0.6) is 0 Å². The van der Waals surface area contributed by atoms with Crippen LogP contribution in [0.2, 0.25) is 5.02 Å². The Hall–Kier alpha value is -3.91. The molecule has 0 bridgehead atoms. The number of nitrogens with one attached hydrogen (secondary N) is 2. The minimum absolute atomic E-state index is 0.0820. The number of aromatic nitrogens is 3. The van der Waals surface area contributed by atoms with Crippen molar-refractivity contribution in [1.82, 2.24) is 14.1 Å². The number of carbonyl (C=O) groups excluding carboxylic acids is 2. The fourth-order valence-corrected chi connectivity index (χ4v) is 3.48. The van der Waals surface area contributed by atoms with Gasteiger partial charge in [-0.2, -0.15) is 0 Å². The number of halogens is 1. The number of fused-ring (bicyclic) bond motifs is 1. The highest BCUT2D eigenvalue weighted by atomic mass is 35.5. The summed E-state index contributed by atoms with van der Waals surface area (Å²) in [7, 11) is 1.62. The number of benzene rings is 2. The van der Waals surface area contributed by atoms with Crippen molar-refractivity contribution in [2.45, 2.75) is 6.92 Å². The first-order valence-corrected chi connectivity index (χ1v) is 9.66. The summed E-state index contributed by atoms with van der Waals surface area (Å²) in [4.78, 5) is 52.6. The van der Waals surface area contributed by atoms with E-state index in [4.69, 9.17) is 11.6 Å². The van der Waals surface area contributed by atoms with Crippen LogP contribution in [0.15, 0.2) is 64.3 Å². The van der Waals surface area contributed by atoms with Crippen LogP contribution in [0, 0.1) is 0 Å². The van der Waals surface area contributed by atoms with Crippen molar-refractivity contribution in [2.24, 2.45) is 7.05 Å². The van der Waals surface area contributed by atoms with Crippen molar-refractivity contribution in [3.8, 4) is 5.69 Å². The van der Waals surface area contributed by atoms with Crippen LogP contribution < -0.4 is 16.6 Å². The molecule has 156 valence electrons. The molecule has 9 heteroatoms. The Morgan fingerprint density at radius 2 is 1.65 bits per heavy atom. The van der Waals surface area contributed by atoms with E-state index in [1.165, 1.54) is 17.7 Å². The predicted octanol–water partition coefficient (Wildman–Crippen LogP) is 3.13. The summed E-state index contributed by atoms with van der Waals surface area (Å²) in [5, 5.41) is 3.19. The topological polar surface area (TPSA) is 106 Å². The van der Waals surface area contributed by atoms with Gasteiger partial charge in [0.15, 0.2) is 5.78 Å². The quantitative estimate of drug-likeness (QED) is 0.479. The largest absolute Gasteiger partial charge is 0.344 e. The van der Waals surface area contributed by atoms with Gasteiger partial charge < -0.3 is 14.9 Å². The standard InChI is InChI=1S/C22H17ClN4O4/c1-12(28)13-3-7-15(8-4-13)24-20(29)17-11-26(2)19-18(17)25-22(31)27(21(19)30)16-9-5-14(23)6-10-16/h3-11H,1-2H3,(H,24,29)(H,25,31). The smallest absolute Gasteiger partial charge is 0.333 e. The zero-order chi connectivity index (χ0) is 22.3. The van der Waals surface area contributed by atoms with E-state index >= 15 is 0 Å². The van der Waals surface area contributed by atoms with Crippen LogP contribution in [0.1, 0.15) is 27.6 Å². The van der Waals surface area contributed by atoms with Gasteiger partial charge in [-0.1, -0.05) is 11.6 Å². The van der Waals surface area contributed by atoms with Gasteiger partial charge in [-0.05, 0) is 55.5 Å². The molecule has 4 aromatic rings. The highest BCUT2D eigenvalue weighted by molar-refractivity contribution is 6.30. The maximum atomic E-state index is 13.1. The molecule has 0 aliphatic carbocycles. The van der Waals surface area contributed by atoms with Crippen LogP contribution in [0.25, 0.3) is 16.7 Å². The highest BCUT2D eigenvalue weighted by Crippen LogP contribution is 2.18. The second-order valence-corrected chi connectivity index (χ2v) is 7.45. The molecule has 0 atom stereocenters. The maximum Gasteiger partial charge on any atom is 0.333 e. The fourth-order valence-electron chi connectivity index (χ4n) is 3.36. The number of rotatable bonds is 4. The van der Waals surface area contributed by atoms with Crippen LogP contribution >= 0.6 is 11.6 Å². The van der Waals surface area contributed by atoms with Crippen molar-refractivity contribution in [3.63, 3.8) is 0 Å². The first-order chi connectivity index (χ1) is 14.8. The molecule has 0 saturated heterocycles. The minimum Gasteiger partial charge on any atom is -0.344 e. The van der Waals surface area contributed by atoms with E-state index in [1.54, 1.807) is 55.6 Å². The number of anilines is 1. The molecule has 2 heterocycles. The predicted molar refractivity (Wildman–Crippen MR) is 119 cm³/mol. The number of ketones is 1. The van der Waals surface area contributed by atoms with Gasteiger partial charge >= 0.3 is 5.69 Å². The maximum absolute atomic E-state index is 13.1. The van der Waals surface area contributed by atoms with E-state index in [9.17, 15) is 19.2 Å². The average Bonchev–Trinajstić information content (AvgIpc) is 3.06. The van der Waals surface area contributed by atoms with Crippen molar-refractivity contribution in [1.29, 1.82) is 0 Å². The van der Waals surface area contributed by atoms with E-state index < -0.39 is 17.2 Å². The average molecular weight is 437 g/mol. The molecule has 2 aromatic carbocycles. The fraction of sp³-hybridized carbons (Fsp3) is 0.0909. The number of Topliss-reactive ketones (excluding diaryl/α,β-unsaturated/α-hetero) is 1. The monoisotopic (exact) mass is 436 g/mol. The lowest BCUT2D eigenvalue weighted by Gasteiger charge is -2.07. The lowest BCUT2D eigenvalue weighted by atomic mass is 10.1. The van der Waals surface area contributed by atoms with Crippen LogP contribution in [0.4, 0.5) is 5.69 Å². The third-order valence-electron chi connectivity index (χ3n) is 4.90. The SMILES string of the molecule is CC(=O)c1ccc(NC(=O)c2cn(C)c3c(=O)n(-c4ccc(Cl)cc4)c(=O)[nH]c23)cc1. The molecule has 0 saturated carbocycles. The Balaban J connectivity index is 1.77. The molecule has 0 fully saturated rings. The molecule has 2 aromatic heterocycles. The Morgan fingerprint density at radius 1 is 1.00 bits per heavy atom. The molecule has 2 N–H and O–H groups in total. The Labute approximate surface area is 180 Å². The minimum atomic E-state index is -0.675. The molecule has 1 amide bonds. The zero-order valence-electron chi connectivity index (χ0n) is 16.6. The Morgan fingerprint density at radius 3 is 2.26 bits per heavy atom. The normalized spacial score (nSPS) is 10.9. The Bertz CT molecular complexity index is 1440. The van der Waals surface area contributed by atoms with E-state index in [2.05, 4.69) is 10.3 Å². The first-order valence-electron chi connectivity index (χ1n) is 9.29. The van der Waals surface area contributed by atoms with Crippen molar-refractivity contribution in [3.05, 3.63) is 91.7 Å². The summed E-state index contributed by atoms with van der Waals surface area (Å²) in [5.41, 5.74) is 0.575. The molecule has 0 radical (unpaired) electrons. The van der Waals surface area contributed by atoms with Gasteiger partial charge in [0.2, 0.25) is 0 Å². The van der Waals surface area contributed by atoms with Crippen molar-refractivity contribution < 1.29 is 9.59 Å². The van der Waals surface area contributed by atoms with E-state index in [0.29, 0.717) is 22.0 Å². The number of nitrogens with zero attached hydrogens (tertiary/aromatic N) is 2. The molecule has 0 aliphatic rings. The summed E-state index contributed by atoms with van der Waals surface area (Å²) < 4.78 is 2.48. The second kappa shape index (κ2) is 7.73. The third-order valence-corrected chi connectivity index (χ3v) is 5.15. The molecule has 0 unspecified atom stereocenters. The number of carbonyl (C=O) groups is 2. The molecular formula is C22H17ClN4O4. The third kappa shape index (κ3) is 3.69. The number of amides is 1. The van der Waals surface area contributed by atoms with Gasteiger partial charge in [-0.25, -0.2) is 9.36 Å². The summed E-state index contributed by atoms with van der Waals surface area (Å²) in [5.74, 6) is -0.582. The van der Waals surface area contributed by atoms with Gasteiger partial charge in [-0.3, -0.25) is 14.4 Å². The lowest BCUT2D eigenvalue weighted by Crippen LogP contribution is -2.34. The lowest BCUT2D eigenvalue weighted by molar-refractivity contribution is 0.101. The summed E-state index contributed by atoms with van der Waals surface area (Å²) in [6.07, 6.45) is 1.48. The van der Waals surface area contributed by atoms with E-state index in [1.807, 2.05) is 0 Å². The summed E-state index contributed by atoms with van der Waals surface area (Å²) in [6.45, 7) is 1.46. The van der Waals surface area contributed by atoms with Gasteiger partial charge in [-0.15, -0.1) is 0 Å². The molecule has 31 heavy (non-hydrogen) atoms. The molecule has 4 rings (SSSR count). The summed E-state index contributed by atoms with van der Waals surface area (Å²) in [6, 6.07) is 12.7. The number of hydrogen-bond acceptors (Lipinski definition) is 4. The molecule has 0 aliphatic heterocycles. The number of aryl methyl sites for hydroxylation is 1. The van der Waals surface area contributed by atoms with Crippen LogP contribution in [-0.2, 0) is 7.05 Å². The zero-order valence-corrected chi connectivity index (χ0v) is 17.4. The molecule has 0 spiro atoms. The second-order valence-electron chi connectivity index (χ2n) is 7.01. The number of H-pyrrole nitrogens is 1. The highest BCUT2D eigenvalue weighted by Gasteiger charge is 2.20. The molecule has 8 nitrogen and oxygen atoms in total.